The third-order valence-electron chi connectivity index (χ3n) is 15.2. The van der Waals surface area contributed by atoms with Crippen LogP contribution in [0.25, 0.3) is 11.1 Å². The van der Waals surface area contributed by atoms with E-state index >= 15 is 0 Å². The first-order valence-corrected chi connectivity index (χ1v) is 27.1. The number of amides is 1. The van der Waals surface area contributed by atoms with Crippen molar-refractivity contribution in [2.45, 2.75) is 97.7 Å². The molecule has 0 radical (unpaired) electrons. The minimum absolute atomic E-state index is 0.0113. The van der Waals surface area contributed by atoms with Gasteiger partial charge in [-0.05, 0) is 152 Å². The van der Waals surface area contributed by atoms with Gasteiger partial charge in [0.15, 0.2) is 0 Å². The number of carboxylic acid groups (broad SMARTS) is 2. The highest BCUT2D eigenvalue weighted by Crippen LogP contribution is 2.52. The van der Waals surface area contributed by atoms with Gasteiger partial charge in [0.2, 0.25) is 5.91 Å². The Labute approximate surface area is 455 Å². The molecule has 6 aromatic rings. The number of rotatable bonds is 11. The fourth-order valence-corrected chi connectivity index (χ4v) is 10.4. The van der Waals surface area contributed by atoms with Crippen LogP contribution in [0.15, 0.2) is 153 Å². The Hall–Kier alpha value is -5.15. The number of carbonyl (C=O) groups excluding carboxylic acids is 2. The van der Waals surface area contributed by atoms with E-state index in [0.29, 0.717) is 11.4 Å². The number of benzene rings is 6. The molecule has 0 saturated heterocycles. The maximum absolute atomic E-state index is 11.5. The molecule has 14 heteroatoms. The number of aliphatic hydroxyl groups excluding tert-OH is 2. The zero-order valence-electron chi connectivity index (χ0n) is 40.3. The maximum atomic E-state index is 11.5. The minimum atomic E-state index is -0.699. The number of aliphatic hydroxyl groups is 2. The van der Waals surface area contributed by atoms with E-state index in [9.17, 15) is 24.3 Å². The lowest BCUT2D eigenvalue weighted by Crippen LogP contribution is -2.21. The summed E-state index contributed by atoms with van der Waals surface area (Å²) in [5, 5.41) is 40.1. The smallest absolute Gasteiger partial charge is 0.316 e. The Morgan fingerprint density at radius 1 is 0.548 bits per heavy atom. The van der Waals surface area contributed by atoms with E-state index in [1.807, 2.05) is 115 Å². The van der Waals surface area contributed by atoms with Gasteiger partial charge in [-0.3, -0.25) is 19.2 Å². The number of halogens is 4. The molecule has 6 aliphatic rings. The van der Waals surface area contributed by atoms with Gasteiger partial charge in [0.05, 0.1) is 48.0 Å². The molecule has 6 aromatic carbocycles. The van der Waals surface area contributed by atoms with Gasteiger partial charge in [-0.25, -0.2) is 0 Å². The number of hydrogen-bond acceptors (Lipinski definition) is 7. The van der Waals surface area contributed by atoms with Gasteiger partial charge in [-0.15, -0.1) is 0 Å². The lowest BCUT2D eigenvalue weighted by molar-refractivity contribution is -0.144. The molecule has 380 valence electrons. The normalized spacial score (nSPS) is 18.3. The molecule has 5 saturated carbocycles. The second kappa shape index (κ2) is 22.4. The van der Waals surface area contributed by atoms with Crippen molar-refractivity contribution in [2.24, 2.45) is 0 Å². The zero-order chi connectivity index (χ0) is 52.2. The molecule has 12 rings (SSSR count). The van der Waals surface area contributed by atoms with Crippen molar-refractivity contribution >= 4 is 88.9 Å². The first kappa shape index (κ1) is 54.1. The number of fused-ring (bicyclic) bond motifs is 1. The molecular weight excluding hydrogens is 1140 g/mol. The van der Waals surface area contributed by atoms with Crippen LogP contribution in [0.4, 0.5) is 5.69 Å². The summed E-state index contributed by atoms with van der Waals surface area (Å²) in [4.78, 5) is 44.9. The van der Waals surface area contributed by atoms with Crippen LogP contribution >= 0.6 is 59.4 Å². The molecule has 73 heavy (non-hydrogen) atoms. The van der Waals surface area contributed by atoms with Crippen molar-refractivity contribution in [2.75, 3.05) is 25.6 Å². The van der Waals surface area contributed by atoms with Crippen molar-refractivity contribution in [1.29, 1.82) is 0 Å². The van der Waals surface area contributed by atoms with Gasteiger partial charge in [0, 0.05) is 35.5 Å². The van der Waals surface area contributed by atoms with E-state index in [1.54, 1.807) is 0 Å². The van der Waals surface area contributed by atoms with Gasteiger partial charge >= 0.3 is 17.9 Å². The molecule has 0 spiro atoms. The van der Waals surface area contributed by atoms with Crippen molar-refractivity contribution in [1.82, 2.24) is 0 Å². The van der Waals surface area contributed by atoms with Crippen LogP contribution in [0.3, 0.4) is 0 Å². The zero-order valence-corrected chi connectivity index (χ0v) is 45.8. The lowest BCUT2D eigenvalue weighted by Gasteiger charge is -2.13. The van der Waals surface area contributed by atoms with Crippen molar-refractivity contribution in [3.05, 3.63) is 191 Å². The highest BCUT2D eigenvalue weighted by Gasteiger charge is 2.53. The third-order valence-corrected chi connectivity index (χ3v) is 17.1. The summed E-state index contributed by atoms with van der Waals surface area (Å²) in [5.41, 5.74) is 7.81. The number of carbonyl (C=O) groups is 4. The van der Waals surface area contributed by atoms with Crippen molar-refractivity contribution in [3.63, 3.8) is 0 Å². The van der Waals surface area contributed by atoms with E-state index in [-0.39, 0.29) is 41.3 Å². The standard InChI is InChI=1S/C18H16ClNO2.C11H11BrO2.C10H9BrO2.C10H11BrO.C10H10O2/c19-15-9-16-12(8-17(22)20-16)7-14(15)11-1-3-13(4-2-11)18(10-21)5-6-18;1-14-10(13)11(6-7-11)8-2-4-9(12)5-3-8;11-8-3-1-7(2-4-8)10(5-6-10)9(12)13;11-9-3-1-8(2-4-9)10(7-12)5-6-10;11-9(12)10(6-7-10)8-4-2-1-3-5-8/h1-4,7,9,21H,5-6,8,10H2,(H,20,22);2-5H,6-7H2,1H3;1-4H,5-6H2,(H,12,13);1-4,12H,5-7H2;1-5H,6-7H2,(H,11,12). The molecule has 5 aliphatic carbocycles. The van der Waals surface area contributed by atoms with Crippen LogP contribution in [-0.2, 0) is 57.4 Å². The number of anilines is 1. The third kappa shape index (κ3) is 12.2. The lowest BCUT2D eigenvalue weighted by atomic mass is 9.94. The van der Waals surface area contributed by atoms with E-state index in [4.69, 9.17) is 31.7 Å². The number of nitrogens with one attached hydrogen (secondary N) is 1. The summed E-state index contributed by atoms with van der Waals surface area (Å²) >= 11 is 16.5. The van der Waals surface area contributed by atoms with Crippen LogP contribution in [0.1, 0.15) is 97.6 Å². The summed E-state index contributed by atoms with van der Waals surface area (Å²) in [7, 11) is 1.45. The predicted octanol–water partition coefficient (Wildman–Crippen LogP) is 13.0. The first-order valence-electron chi connectivity index (χ1n) is 24.3. The van der Waals surface area contributed by atoms with Gasteiger partial charge < -0.3 is 30.5 Å². The Morgan fingerprint density at radius 3 is 1.30 bits per heavy atom. The highest BCUT2D eigenvalue weighted by molar-refractivity contribution is 9.11. The molecule has 0 aromatic heterocycles. The number of hydrogen-bond donors (Lipinski definition) is 5. The number of ether oxygens (including phenoxy) is 1. The minimum Gasteiger partial charge on any atom is -0.481 e. The molecule has 5 fully saturated rings. The summed E-state index contributed by atoms with van der Waals surface area (Å²) in [6.07, 6.45) is 9.68. The highest BCUT2D eigenvalue weighted by atomic mass is 79.9. The summed E-state index contributed by atoms with van der Waals surface area (Å²) in [5.74, 6) is -1.49. The summed E-state index contributed by atoms with van der Waals surface area (Å²) in [6, 6.07) is 45.2. The number of methoxy groups -OCH3 is 1. The molecule has 10 nitrogen and oxygen atoms in total. The van der Waals surface area contributed by atoms with Crippen molar-refractivity contribution in [3.8, 4) is 11.1 Å². The van der Waals surface area contributed by atoms with E-state index in [0.717, 1.165) is 117 Å². The fourth-order valence-electron chi connectivity index (χ4n) is 9.38. The van der Waals surface area contributed by atoms with Gasteiger partial charge in [0.25, 0.3) is 0 Å². The topological polar surface area (TPSA) is 170 Å². The second-order valence-electron chi connectivity index (χ2n) is 19.9. The van der Waals surface area contributed by atoms with Gasteiger partial charge in [-0.1, -0.05) is 150 Å². The maximum Gasteiger partial charge on any atom is 0.316 e. The first-order chi connectivity index (χ1) is 35.0. The average molecular weight is 1200 g/mol. The summed E-state index contributed by atoms with van der Waals surface area (Å²) < 4.78 is 7.92. The Morgan fingerprint density at radius 2 is 0.932 bits per heavy atom. The number of aliphatic carboxylic acids is 2. The van der Waals surface area contributed by atoms with Crippen LogP contribution in [0, 0.1) is 0 Å². The SMILES string of the molecule is COC(=O)C1(c2ccc(Br)cc2)CC1.O=C(O)C1(c2ccc(Br)cc2)CC1.O=C(O)C1(c2ccccc2)CC1.O=C1Cc2cc(-c3ccc(C4(CO)CC4)cc3)c(Cl)cc2N1.OCC1(c2ccc(Br)cc2)CC1. The number of esters is 1. The van der Waals surface area contributed by atoms with Crippen LogP contribution in [0.5, 0.6) is 0 Å². The van der Waals surface area contributed by atoms with Gasteiger partial charge in [-0.2, -0.15) is 0 Å². The van der Waals surface area contributed by atoms with Crippen LogP contribution in [-0.4, -0.2) is 64.6 Å². The molecule has 1 aliphatic heterocycles. The molecular formula is C59H57Br3ClNO9. The molecule has 5 N–H and O–H groups in total. The summed E-state index contributed by atoms with van der Waals surface area (Å²) in [6.45, 7) is 0.494. The fraction of sp³-hybridized carbons (Fsp3) is 0.322. The van der Waals surface area contributed by atoms with E-state index in [2.05, 4.69) is 77.4 Å². The van der Waals surface area contributed by atoms with Crippen molar-refractivity contribution < 1.29 is 44.3 Å². The van der Waals surface area contributed by atoms with Crippen LogP contribution in [0.2, 0.25) is 5.02 Å². The molecule has 0 atom stereocenters. The Bertz CT molecular complexity index is 2950. The largest absolute Gasteiger partial charge is 0.481 e. The Kier molecular flexibility index (Phi) is 16.6. The molecule has 0 unspecified atom stereocenters. The van der Waals surface area contributed by atoms with Gasteiger partial charge in [0.1, 0.15) is 0 Å². The monoisotopic (exact) mass is 1200 g/mol. The molecule has 1 heterocycles. The quantitative estimate of drug-likeness (QED) is 0.0792. The van der Waals surface area contributed by atoms with Crippen LogP contribution < -0.4 is 5.32 Å². The molecule has 0 bridgehead atoms. The average Bonchev–Trinajstić information content (AvgIpc) is 4.16. The number of carboxylic acids is 2. The van der Waals surface area contributed by atoms with E-state index < -0.39 is 22.8 Å². The molecule has 1 amide bonds. The predicted molar refractivity (Wildman–Crippen MR) is 294 cm³/mol. The second-order valence-corrected chi connectivity index (χ2v) is 23.1. The Balaban J connectivity index is 0.000000125. The van der Waals surface area contributed by atoms with E-state index in [1.165, 1.54) is 18.2 Å².